The molecule has 1 saturated carbocycles. The number of halogens is 1. The van der Waals surface area contributed by atoms with Crippen molar-refractivity contribution in [3.8, 4) is 5.75 Å². The first-order valence-corrected chi connectivity index (χ1v) is 10.1. The Labute approximate surface area is 161 Å². The van der Waals surface area contributed by atoms with E-state index in [1.807, 2.05) is 0 Å². The first-order chi connectivity index (χ1) is 13.2. The van der Waals surface area contributed by atoms with Crippen LogP contribution in [-0.4, -0.2) is 19.2 Å². The summed E-state index contributed by atoms with van der Waals surface area (Å²) in [5.74, 6) is 1.30. The van der Waals surface area contributed by atoms with Gasteiger partial charge in [0.25, 0.3) is 0 Å². The van der Waals surface area contributed by atoms with Crippen LogP contribution in [0.15, 0.2) is 48.5 Å². The number of fused-ring (bicyclic) bond motifs is 1. The van der Waals surface area contributed by atoms with Crippen LogP contribution in [0.25, 0.3) is 0 Å². The molecule has 0 spiro atoms. The summed E-state index contributed by atoms with van der Waals surface area (Å²) in [6, 6.07) is 16.6. The van der Waals surface area contributed by atoms with Crippen molar-refractivity contribution in [1.29, 1.82) is 0 Å². The summed E-state index contributed by atoms with van der Waals surface area (Å²) < 4.78 is 19.1. The Kier molecular flexibility index (Phi) is 5.74. The molecular formula is C23H29FN2O. The minimum Gasteiger partial charge on any atom is -0.496 e. The monoisotopic (exact) mass is 368 g/mol. The quantitative estimate of drug-likeness (QED) is 0.810. The number of hydrogen-bond donors (Lipinski definition) is 2. The number of hydrogen-bond acceptors (Lipinski definition) is 3. The van der Waals surface area contributed by atoms with E-state index in [-0.39, 0.29) is 11.9 Å². The molecule has 1 aliphatic heterocycles. The molecule has 2 aromatic rings. The second-order valence-corrected chi connectivity index (χ2v) is 7.87. The van der Waals surface area contributed by atoms with Gasteiger partial charge in [-0.15, -0.1) is 0 Å². The maximum atomic E-state index is 13.7. The fourth-order valence-electron chi connectivity index (χ4n) is 4.84. The summed E-state index contributed by atoms with van der Waals surface area (Å²) in [6.07, 6.45) is 6.33. The van der Waals surface area contributed by atoms with Gasteiger partial charge in [-0.05, 0) is 55.4 Å². The molecule has 4 heteroatoms. The smallest absolute Gasteiger partial charge is 0.123 e. The van der Waals surface area contributed by atoms with E-state index in [9.17, 15) is 4.39 Å². The molecule has 4 atom stereocenters. The largest absolute Gasteiger partial charge is 0.496 e. The first-order valence-electron chi connectivity index (χ1n) is 10.1. The number of rotatable bonds is 5. The Morgan fingerprint density at radius 2 is 1.93 bits per heavy atom. The highest BCUT2D eigenvalue weighted by Crippen LogP contribution is 2.37. The van der Waals surface area contributed by atoms with Crippen molar-refractivity contribution in [2.24, 2.45) is 5.92 Å². The molecule has 4 unspecified atom stereocenters. The summed E-state index contributed by atoms with van der Waals surface area (Å²) in [5, 5.41) is 7.66. The molecule has 2 aliphatic rings. The van der Waals surface area contributed by atoms with Crippen LogP contribution in [0.4, 0.5) is 4.39 Å². The zero-order valence-corrected chi connectivity index (χ0v) is 16.0. The maximum absolute atomic E-state index is 13.7. The molecule has 1 aliphatic carbocycles. The van der Waals surface area contributed by atoms with Gasteiger partial charge in [-0.1, -0.05) is 36.8 Å². The van der Waals surface area contributed by atoms with E-state index in [1.54, 1.807) is 19.2 Å². The zero-order chi connectivity index (χ0) is 18.6. The van der Waals surface area contributed by atoms with Gasteiger partial charge in [0, 0.05) is 30.2 Å². The Morgan fingerprint density at radius 1 is 1.07 bits per heavy atom. The van der Waals surface area contributed by atoms with Crippen LogP contribution >= 0.6 is 0 Å². The van der Waals surface area contributed by atoms with Crippen LogP contribution in [0.5, 0.6) is 5.75 Å². The Bertz CT molecular complexity index is 751. The standard InChI is InChI=1S/C23H29FN2O/c1-27-22-13-11-19(24)14-18(22)15-25-21-12-10-16-8-5-9-20(16)26-23(21)17-6-3-2-4-7-17/h2-4,6-7,11,13-14,16,20-21,23,25-26H,5,8-10,12,15H2,1H3. The van der Waals surface area contributed by atoms with Crippen LogP contribution in [0, 0.1) is 11.7 Å². The predicted octanol–water partition coefficient (Wildman–Crippen LogP) is 4.59. The molecule has 144 valence electrons. The van der Waals surface area contributed by atoms with E-state index >= 15 is 0 Å². The lowest BCUT2D eigenvalue weighted by Gasteiger charge is -2.30. The topological polar surface area (TPSA) is 33.3 Å². The second kappa shape index (κ2) is 8.41. The summed E-state index contributed by atoms with van der Waals surface area (Å²) in [5.41, 5.74) is 2.20. The van der Waals surface area contributed by atoms with E-state index < -0.39 is 0 Å². The average molecular weight is 368 g/mol. The van der Waals surface area contributed by atoms with Gasteiger partial charge >= 0.3 is 0 Å². The van der Waals surface area contributed by atoms with E-state index in [2.05, 4.69) is 41.0 Å². The highest BCUT2D eigenvalue weighted by Gasteiger charge is 2.36. The van der Waals surface area contributed by atoms with Crippen molar-refractivity contribution in [3.05, 3.63) is 65.5 Å². The summed E-state index contributed by atoms with van der Waals surface area (Å²) in [4.78, 5) is 0. The van der Waals surface area contributed by atoms with Gasteiger partial charge in [0.2, 0.25) is 0 Å². The van der Waals surface area contributed by atoms with Crippen LogP contribution in [0.1, 0.15) is 49.3 Å². The maximum Gasteiger partial charge on any atom is 0.123 e. The third-order valence-electron chi connectivity index (χ3n) is 6.26. The van der Waals surface area contributed by atoms with E-state index in [1.165, 1.54) is 37.3 Å². The molecular weight excluding hydrogens is 339 g/mol. The van der Waals surface area contributed by atoms with Gasteiger partial charge < -0.3 is 15.4 Å². The van der Waals surface area contributed by atoms with Gasteiger partial charge in [0.15, 0.2) is 0 Å². The molecule has 4 rings (SSSR count). The SMILES string of the molecule is COc1ccc(F)cc1CNC1CCC2CCCC2NC1c1ccccc1. The lowest BCUT2D eigenvalue weighted by Crippen LogP contribution is -2.43. The molecule has 2 aromatic carbocycles. The van der Waals surface area contributed by atoms with Crippen molar-refractivity contribution >= 4 is 0 Å². The first kappa shape index (κ1) is 18.5. The summed E-state index contributed by atoms with van der Waals surface area (Å²) >= 11 is 0. The van der Waals surface area contributed by atoms with Crippen LogP contribution in [-0.2, 0) is 6.54 Å². The predicted molar refractivity (Wildman–Crippen MR) is 106 cm³/mol. The molecule has 0 bridgehead atoms. The third-order valence-corrected chi connectivity index (χ3v) is 6.26. The average Bonchev–Trinajstić information content (AvgIpc) is 3.07. The van der Waals surface area contributed by atoms with Crippen molar-refractivity contribution < 1.29 is 9.13 Å². The van der Waals surface area contributed by atoms with Crippen molar-refractivity contribution in [3.63, 3.8) is 0 Å². The van der Waals surface area contributed by atoms with Gasteiger partial charge in [0.05, 0.1) is 7.11 Å². The highest BCUT2D eigenvalue weighted by atomic mass is 19.1. The van der Waals surface area contributed by atoms with Gasteiger partial charge in [-0.3, -0.25) is 0 Å². The van der Waals surface area contributed by atoms with Crippen molar-refractivity contribution in [2.45, 2.75) is 56.8 Å². The van der Waals surface area contributed by atoms with Crippen LogP contribution in [0.2, 0.25) is 0 Å². The summed E-state index contributed by atoms with van der Waals surface area (Å²) in [7, 11) is 1.64. The minimum absolute atomic E-state index is 0.222. The zero-order valence-electron chi connectivity index (χ0n) is 16.0. The van der Waals surface area contributed by atoms with Crippen molar-refractivity contribution in [2.75, 3.05) is 7.11 Å². The second-order valence-electron chi connectivity index (χ2n) is 7.87. The Morgan fingerprint density at radius 3 is 2.74 bits per heavy atom. The lowest BCUT2D eigenvalue weighted by atomic mass is 9.94. The molecule has 1 saturated heterocycles. The lowest BCUT2D eigenvalue weighted by molar-refractivity contribution is 0.347. The van der Waals surface area contributed by atoms with E-state index in [0.717, 1.165) is 23.7 Å². The number of benzene rings is 2. The molecule has 2 N–H and O–H groups in total. The van der Waals surface area contributed by atoms with E-state index in [0.29, 0.717) is 18.6 Å². The van der Waals surface area contributed by atoms with Crippen molar-refractivity contribution in [1.82, 2.24) is 10.6 Å². The molecule has 0 aromatic heterocycles. The normalized spacial score (nSPS) is 27.8. The van der Waals surface area contributed by atoms with Gasteiger partial charge in [-0.25, -0.2) is 4.39 Å². The summed E-state index contributed by atoms with van der Waals surface area (Å²) in [6.45, 7) is 0.603. The minimum atomic E-state index is -0.222. The molecule has 1 heterocycles. The molecule has 2 fully saturated rings. The molecule has 27 heavy (non-hydrogen) atoms. The fourth-order valence-corrected chi connectivity index (χ4v) is 4.84. The molecule has 0 amide bonds. The fraction of sp³-hybridized carbons (Fsp3) is 0.478. The third kappa shape index (κ3) is 4.17. The number of methoxy groups -OCH3 is 1. The number of ether oxygens (including phenoxy) is 1. The van der Waals surface area contributed by atoms with Crippen LogP contribution in [0.3, 0.4) is 0 Å². The van der Waals surface area contributed by atoms with Gasteiger partial charge in [0.1, 0.15) is 11.6 Å². The number of nitrogens with one attached hydrogen (secondary N) is 2. The Hall–Kier alpha value is -1.91. The molecule has 0 radical (unpaired) electrons. The van der Waals surface area contributed by atoms with Crippen LogP contribution < -0.4 is 15.4 Å². The molecule has 3 nitrogen and oxygen atoms in total. The van der Waals surface area contributed by atoms with E-state index in [4.69, 9.17) is 4.74 Å². The Balaban J connectivity index is 1.54. The highest BCUT2D eigenvalue weighted by molar-refractivity contribution is 5.34. The van der Waals surface area contributed by atoms with Gasteiger partial charge in [-0.2, -0.15) is 0 Å².